The highest BCUT2D eigenvalue weighted by molar-refractivity contribution is 7.80. The van der Waals surface area contributed by atoms with Gasteiger partial charge >= 0.3 is 6.18 Å². The fraction of sp³-hybridized carbons (Fsp3) is 0.225. The predicted molar refractivity (Wildman–Crippen MR) is 191 cm³/mol. The Balaban J connectivity index is 1.12. The van der Waals surface area contributed by atoms with Crippen molar-refractivity contribution in [3.8, 4) is 28.3 Å². The van der Waals surface area contributed by atoms with Crippen molar-refractivity contribution >= 4 is 36.0 Å². The van der Waals surface area contributed by atoms with Crippen LogP contribution in [0.25, 0.3) is 34.0 Å². The summed E-state index contributed by atoms with van der Waals surface area (Å²) >= 11 is 4.37. The molecule has 2 aromatic heterocycles. The molecule has 0 bridgehead atoms. The maximum absolute atomic E-state index is 14.3. The quantitative estimate of drug-likeness (QED) is 0.125. The zero-order valence-electron chi connectivity index (χ0n) is 26.9. The number of anilines is 1. The van der Waals surface area contributed by atoms with E-state index >= 15 is 0 Å². The molecule has 8 rings (SSSR count). The Morgan fingerprint density at radius 1 is 0.940 bits per heavy atom. The summed E-state index contributed by atoms with van der Waals surface area (Å²) in [5.41, 5.74) is 10.2. The van der Waals surface area contributed by atoms with Crippen molar-refractivity contribution in [1.82, 2.24) is 15.3 Å². The number of thiol groups is 1. The summed E-state index contributed by atoms with van der Waals surface area (Å²) in [7, 11) is 0. The highest BCUT2D eigenvalue weighted by Gasteiger charge is 2.31. The van der Waals surface area contributed by atoms with Crippen molar-refractivity contribution in [2.75, 3.05) is 18.5 Å². The standard InChI is InChI=1S/C40H33F3N4O2S/c41-40(42,43)22-49-39-35(50)19-27(21-45-39)32-16-25-7-2-4-9-29(25)37(32)47-38(48)26-18-34(46-36(20-26)44-15-14-23-12-13-23)31-11-5-10-30-28-8-3-1-6-24(28)17-33(30)31/h1-11,16,18-21,23,37,50H,12-15,17,22H2,(H,44,46)(H,47,48). The van der Waals surface area contributed by atoms with E-state index in [2.05, 4.69) is 64.6 Å². The second-order valence-corrected chi connectivity index (χ2v) is 13.5. The summed E-state index contributed by atoms with van der Waals surface area (Å²) in [4.78, 5) is 23.6. The van der Waals surface area contributed by atoms with Gasteiger partial charge in [0.2, 0.25) is 5.88 Å². The van der Waals surface area contributed by atoms with E-state index < -0.39 is 18.8 Å². The second kappa shape index (κ2) is 13.0. The van der Waals surface area contributed by atoms with Crippen LogP contribution in [0.5, 0.6) is 5.88 Å². The maximum Gasteiger partial charge on any atom is 0.422 e. The molecule has 0 spiro atoms. The van der Waals surface area contributed by atoms with Crippen molar-refractivity contribution < 1.29 is 22.7 Å². The number of nitrogens with zero attached hydrogens (tertiary/aromatic N) is 2. The number of nitrogens with one attached hydrogen (secondary N) is 2. The van der Waals surface area contributed by atoms with Crippen LogP contribution >= 0.6 is 12.6 Å². The fourth-order valence-electron chi connectivity index (χ4n) is 6.90. The minimum Gasteiger partial charge on any atom is -0.467 e. The fourth-order valence-corrected chi connectivity index (χ4v) is 7.16. The number of ether oxygens (including phenoxy) is 1. The number of rotatable bonds is 10. The van der Waals surface area contributed by atoms with Gasteiger partial charge in [-0.3, -0.25) is 4.79 Å². The number of benzene rings is 3. The van der Waals surface area contributed by atoms with E-state index in [0.717, 1.165) is 53.3 Å². The first-order valence-corrected chi connectivity index (χ1v) is 17.1. The number of aromatic nitrogens is 2. The zero-order chi connectivity index (χ0) is 34.4. The molecule has 3 aromatic carbocycles. The topological polar surface area (TPSA) is 76.1 Å². The summed E-state index contributed by atoms with van der Waals surface area (Å²) in [6, 6.07) is 27.1. The first kappa shape index (κ1) is 32.1. The lowest BCUT2D eigenvalue weighted by molar-refractivity contribution is -0.154. The molecule has 1 saturated carbocycles. The van der Waals surface area contributed by atoms with Crippen molar-refractivity contribution in [3.05, 3.63) is 125 Å². The van der Waals surface area contributed by atoms with Crippen molar-refractivity contribution in [3.63, 3.8) is 0 Å². The van der Waals surface area contributed by atoms with Gasteiger partial charge in [-0.2, -0.15) is 13.2 Å². The van der Waals surface area contributed by atoms with Crippen molar-refractivity contribution in [1.29, 1.82) is 0 Å². The number of carbonyl (C=O) groups is 1. The normalized spacial score (nSPS) is 15.9. The second-order valence-electron chi connectivity index (χ2n) is 13.0. The average molecular weight is 691 g/mol. The Hall–Kier alpha value is -5.09. The van der Waals surface area contributed by atoms with E-state index in [0.29, 0.717) is 16.9 Å². The van der Waals surface area contributed by atoms with Gasteiger partial charge in [-0.05, 0) is 87.6 Å². The number of carbonyl (C=O) groups excluding carboxylic acids is 1. The monoisotopic (exact) mass is 690 g/mol. The van der Waals surface area contributed by atoms with Crippen LogP contribution in [0.4, 0.5) is 19.0 Å². The van der Waals surface area contributed by atoms with E-state index in [1.807, 2.05) is 42.5 Å². The largest absolute Gasteiger partial charge is 0.467 e. The van der Waals surface area contributed by atoms with Crippen LogP contribution in [0.1, 0.15) is 63.5 Å². The van der Waals surface area contributed by atoms with Gasteiger partial charge < -0.3 is 15.4 Å². The van der Waals surface area contributed by atoms with Crippen molar-refractivity contribution in [2.45, 2.75) is 42.8 Å². The molecule has 1 amide bonds. The van der Waals surface area contributed by atoms with E-state index in [9.17, 15) is 18.0 Å². The highest BCUT2D eigenvalue weighted by atomic mass is 32.1. The maximum atomic E-state index is 14.3. The van der Waals surface area contributed by atoms with Crippen LogP contribution in [0.2, 0.25) is 0 Å². The van der Waals surface area contributed by atoms with E-state index in [1.54, 1.807) is 12.1 Å². The lowest BCUT2D eigenvalue weighted by Crippen LogP contribution is -2.28. The molecule has 252 valence electrons. The molecular formula is C40H33F3N4O2S. The van der Waals surface area contributed by atoms with Crippen LogP contribution in [0.3, 0.4) is 0 Å². The van der Waals surface area contributed by atoms with Crippen LogP contribution in [-0.2, 0) is 6.42 Å². The van der Waals surface area contributed by atoms with Gasteiger partial charge in [0.05, 0.1) is 16.6 Å². The Morgan fingerprint density at radius 2 is 1.72 bits per heavy atom. The molecule has 50 heavy (non-hydrogen) atoms. The number of hydrogen-bond donors (Lipinski definition) is 3. The minimum absolute atomic E-state index is 0.159. The Bertz CT molecular complexity index is 2160. The molecule has 3 aliphatic rings. The Labute approximate surface area is 293 Å². The number of pyridine rings is 2. The Morgan fingerprint density at radius 3 is 2.54 bits per heavy atom. The molecular weight excluding hydrogens is 658 g/mol. The van der Waals surface area contributed by atoms with Crippen LogP contribution in [0, 0.1) is 5.92 Å². The molecule has 10 heteroatoms. The number of alkyl halides is 3. The summed E-state index contributed by atoms with van der Waals surface area (Å²) in [6.07, 6.45) is 3.25. The molecule has 1 fully saturated rings. The highest BCUT2D eigenvalue weighted by Crippen LogP contribution is 2.43. The predicted octanol–water partition coefficient (Wildman–Crippen LogP) is 9.18. The molecule has 0 radical (unpaired) electrons. The van der Waals surface area contributed by atoms with Crippen LogP contribution in [-0.4, -0.2) is 35.2 Å². The van der Waals surface area contributed by atoms with Crippen LogP contribution < -0.4 is 15.4 Å². The number of halogens is 3. The van der Waals surface area contributed by atoms with Gasteiger partial charge in [0.15, 0.2) is 6.61 Å². The van der Waals surface area contributed by atoms with Gasteiger partial charge in [-0.15, -0.1) is 12.6 Å². The van der Waals surface area contributed by atoms with Crippen LogP contribution in [0.15, 0.2) is 96.0 Å². The third kappa shape index (κ3) is 6.59. The molecule has 3 aliphatic carbocycles. The van der Waals surface area contributed by atoms with Gasteiger partial charge in [0.1, 0.15) is 5.82 Å². The molecule has 6 nitrogen and oxygen atoms in total. The van der Waals surface area contributed by atoms with Gasteiger partial charge in [-0.25, -0.2) is 9.97 Å². The summed E-state index contributed by atoms with van der Waals surface area (Å²) in [6.45, 7) is -0.699. The first-order chi connectivity index (χ1) is 24.2. The minimum atomic E-state index is -4.50. The number of amides is 1. The van der Waals surface area contributed by atoms with Gasteiger partial charge in [0, 0.05) is 23.9 Å². The molecule has 0 saturated heterocycles. The summed E-state index contributed by atoms with van der Waals surface area (Å²) in [5, 5.41) is 6.72. The smallest absolute Gasteiger partial charge is 0.422 e. The molecule has 1 atom stereocenters. The molecule has 0 aliphatic heterocycles. The lowest BCUT2D eigenvalue weighted by atomic mass is 9.97. The average Bonchev–Trinajstić information content (AvgIpc) is 3.75. The third-order valence-electron chi connectivity index (χ3n) is 9.51. The SMILES string of the molecule is O=C(NC1C(c2cnc(OCC(F)(F)F)c(S)c2)=Cc2ccccc21)c1cc(NCCC2CC2)nc(-c2cccc3c2Cc2ccccc2-3)c1. The third-order valence-corrected chi connectivity index (χ3v) is 9.83. The van der Waals surface area contributed by atoms with E-state index in [1.165, 1.54) is 41.3 Å². The zero-order valence-corrected chi connectivity index (χ0v) is 27.8. The van der Waals surface area contributed by atoms with Gasteiger partial charge in [-0.1, -0.05) is 79.6 Å². The summed E-state index contributed by atoms with van der Waals surface area (Å²) in [5.74, 6) is 0.885. The van der Waals surface area contributed by atoms with E-state index in [4.69, 9.17) is 9.72 Å². The molecule has 5 aromatic rings. The molecule has 1 unspecified atom stereocenters. The molecule has 2 N–H and O–H groups in total. The number of hydrogen-bond acceptors (Lipinski definition) is 6. The number of fused-ring (bicyclic) bond motifs is 4. The first-order valence-electron chi connectivity index (χ1n) is 16.7. The summed E-state index contributed by atoms with van der Waals surface area (Å²) < 4.78 is 43.2. The van der Waals surface area contributed by atoms with Gasteiger partial charge in [0.25, 0.3) is 5.91 Å². The van der Waals surface area contributed by atoms with E-state index in [-0.39, 0.29) is 16.7 Å². The Kier molecular flexibility index (Phi) is 8.34. The lowest BCUT2D eigenvalue weighted by Gasteiger charge is -2.20. The molecule has 2 heterocycles. The van der Waals surface area contributed by atoms with Crippen molar-refractivity contribution in [2.24, 2.45) is 5.92 Å².